The number of fused-ring (bicyclic) bond motifs is 1. The lowest BCUT2D eigenvalue weighted by molar-refractivity contribution is 0.451. The summed E-state index contributed by atoms with van der Waals surface area (Å²) in [5.41, 5.74) is 6.76. The van der Waals surface area contributed by atoms with Crippen LogP contribution in [0.2, 0.25) is 5.02 Å². The fraction of sp³-hybridized carbons (Fsp3) is 0.333. The summed E-state index contributed by atoms with van der Waals surface area (Å²) in [5.74, 6) is 0.919. The van der Waals surface area contributed by atoms with Gasteiger partial charge in [0, 0.05) is 10.9 Å². The average molecular weight is 240 g/mol. The van der Waals surface area contributed by atoms with E-state index in [-0.39, 0.29) is 11.7 Å². The largest absolute Gasteiger partial charge is 0.504 e. The Morgan fingerprint density at radius 3 is 2.81 bits per heavy atom. The summed E-state index contributed by atoms with van der Waals surface area (Å²) in [5, 5.41) is 11.4. The SMILES string of the molecule is Cc1cc2c(Cl)cc(C(C)CN)c(O)c2o1. The van der Waals surface area contributed by atoms with Gasteiger partial charge in [-0.25, -0.2) is 0 Å². The number of halogens is 1. The minimum atomic E-state index is 0.0484. The predicted octanol–water partition coefficient (Wildman–Crippen LogP) is 3.16. The lowest BCUT2D eigenvalue weighted by Gasteiger charge is -2.11. The van der Waals surface area contributed by atoms with E-state index in [4.69, 9.17) is 21.8 Å². The number of phenols is 1. The molecule has 1 unspecified atom stereocenters. The van der Waals surface area contributed by atoms with Gasteiger partial charge in [-0.15, -0.1) is 0 Å². The van der Waals surface area contributed by atoms with Crippen molar-refractivity contribution in [1.82, 2.24) is 0 Å². The quantitative estimate of drug-likeness (QED) is 0.846. The van der Waals surface area contributed by atoms with Gasteiger partial charge in [0.1, 0.15) is 5.76 Å². The first kappa shape index (κ1) is 11.3. The van der Waals surface area contributed by atoms with E-state index in [0.717, 1.165) is 16.7 Å². The van der Waals surface area contributed by atoms with E-state index in [1.54, 1.807) is 6.07 Å². The van der Waals surface area contributed by atoms with Crippen LogP contribution in [0.3, 0.4) is 0 Å². The Labute approximate surface area is 98.8 Å². The van der Waals surface area contributed by atoms with Gasteiger partial charge in [-0.2, -0.15) is 0 Å². The van der Waals surface area contributed by atoms with Gasteiger partial charge >= 0.3 is 0 Å². The molecule has 0 fully saturated rings. The molecule has 0 radical (unpaired) electrons. The molecule has 0 aliphatic rings. The summed E-state index contributed by atoms with van der Waals surface area (Å²) >= 11 is 6.14. The summed E-state index contributed by atoms with van der Waals surface area (Å²) in [6.07, 6.45) is 0. The maximum atomic E-state index is 10.1. The summed E-state index contributed by atoms with van der Waals surface area (Å²) in [6, 6.07) is 3.57. The Kier molecular flexibility index (Phi) is 2.82. The molecule has 2 rings (SSSR count). The molecule has 1 heterocycles. The van der Waals surface area contributed by atoms with Crippen LogP contribution >= 0.6 is 11.6 Å². The zero-order valence-electron chi connectivity index (χ0n) is 9.25. The third-order valence-electron chi connectivity index (χ3n) is 2.77. The molecule has 0 aliphatic heterocycles. The van der Waals surface area contributed by atoms with Crippen molar-refractivity contribution in [3.63, 3.8) is 0 Å². The van der Waals surface area contributed by atoms with E-state index in [1.807, 2.05) is 19.9 Å². The van der Waals surface area contributed by atoms with E-state index < -0.39 is 0 Å². The van der Waals surface area contributed by atoms with Gasteiger partial charge in [-0.3, -0.25) is 0 Å². The Hall–Kier alpha value is -1.19. The molecule has 3 N–H and O–H groups in total. The Balaban J connectivity index is 2.74. The molecule has 3 nitrogen and oxygen atoms in total. The van der Waals surface area contributed by atoms with Gasteiger partial charge in [0.2, 0.25) is 0 Å². The third kappa shape index (κ3) is 1.66. The maximum absolute atomic E-state index is 10.1. The highest BCUT2D eigenvalue weighted by molar-refractivity contribution is 6.35. The molecule has 0 aliphatic carbocycles. The van der Waals surface area contributed by atoms with Crippen LogP contribution in [0.25, 0.3) is 11.0 Å². The van der Waals surface area contributed by atoms with Gasteiger partial charge in [-0.1, -0.05) is 18.5 Å². The Bertz CT molecular complexity index is 533. The molecule has 0 saturated carbocycles. The van der Waals surface area contributed by atoms with Crippen molar-refractivity contribution in [3.8, 4) is 5.75 Å². The van der Waals surface area contributed by atoms with Gasteiger partial charge in [0.25, 0.3) is 0 Å². The smallest absolute Gasteiger partial charge is 0.177 e. The number of rotatable bonds is 2. The van der Waals surface area contributed by atoms with E-state index >= 15 is 0 Å². The minimum absolute atomic E-state index is 0.0484. The molecule has 4 heteroatoms. The van der Waals surface area contributed by atoms with Crippen molar-refractivity contribution >= 4 is 22.6 Å². The lowest BCUT2D eigenvalue weighted by Crippen LogP contribution is -2.09. The molecular weight excluding hydrogens is 226 g/mol. The molecular formula is C12H14ClNO2. The van der Waals surface area contributed by atoms with Crippen molar-refractivity contribution in [3.05, 3.63) is 28.5 Å². The number of aromatic hydroxyl groups is 1. The summed E-state index contributed by atoms with van der Waals surface area (Å²) in [7, 11) is 0. The van der Waals surface area contributed by atoms with Gasteiger partial charge in [0.15, 0.2) is 11.3 Å². The van der Waals surface area contributed by atoms with Crippen LogP contribution in [0.15, 0.2) is 16.5 Å². The second-order valence-corrected chi connectivity index (χ2v) is 4.44. The molecule has 0 saturated heterocycles. The second-order valence-electron chi connectivity index (χ2n) is 4.03. The number of furan rings is 1. The zero-order chi connectivity index (χ0) is 11.9. The molecule has 0 bridgehead atoms. The highest BCUT2D eigenvalue weighted by Crippen LogP contribution is 2.39. The predicted molar refractivity (Wildman–Crippen MR) is 65.1 cm³/mol. The molecule has 1 aromatic heterocycles. The number of nitrogens with two attached hydrogens (primary N) is 1. The van der Waals surface area contributed by atoms with Crippen LogP contribution < -0.4 is 5.73 Å². The van der Waals surface area contributed by atoms with Gasteiger partial charge < -0.3 is 15.3 Å². The van der Waals surface area contributed by atoms with E-state index in [0.29, 0.717) is 17.2 Å². The van der Waals surface area contributed by atoms with Crippen LogP contribution in [0.4, 0.5) is 0 Å². The minimum Gasteiger partial charge on any atom is -0.504 e. The number of hydrogen-bond donors (Lipinski definition) is 2. The van der Waals surface area contributed by atoms with Crippen molar-refractivity contribution in [2.45, 2.75) is 19.8 Å². The van der Waals surface area contributed by atoms with Crippen molar-refractivity contribution < 1.29 is 9.52 Å². The van der Waals surface area contributed by atoms with E-state index in [9.17, 15) is 5.11 Å². The van der Waals surface area contributed by atoms with Crippen LogP contribution in [0, 0.1) is 6.92 Å². The first-order valence-corrected chi connectivity index (χ1v) is 5.54. The maximum Gasteiger partial charge on any atom is 0.177 e. The number of benzene rings is 1. The summed E-state index contributed by atoms with van der Waals surface area (Å²) < 4.78 is 5.44. The Morgan fingerprint density at radius 2 is 2.19 bits per heavy atom. The van der Waals surface area contributed by atoms with Crippen LogP contribution in [0.5, 0.6) is 5.75 Å². The molecule has 1 aromatic carbocycles. The van der Waals surface area contributed by atoms with Crippen LogP contribution in [0.1, 0.15) is 24.2 Å². The topological polar surface area (TPSA) is 59.4 Å². The standard InChI is InChI=1S/C12H14ClNO2/c1-6(5-14)8-4-10(13)9-3-7(2)16-12(9)11(8)15/h3-4,6,15H,5,14H2,1-2H3. The second kappa shape index (κ2) is 4.00. The highest BCUT2D eigenvalue weighted by Gasteiger charge is 2.17. The van der Waals surface area contributed by atoms with Crippen molar-refractivity contribution in [2.75, 3.05) is 6.54 Å². The van der Waals surface area contributed by atoms with Gasteiger partial charge in [-0.05, 0) is 31.5 Å². The van der Waals surface area contributed by atoms with E-state index in [1.165, 1.54) is 0 Å². The fourth-order valence-corrected chi connectivity index (χ4v) is 2.04. The van der Waals surface area contributed by atoms with E-state index in [2.05, 4.69) is 0 Å². The zero-order valence-corrected chi connectivity index (χ0v) is 10.0. The molecule has 86 valence electrons. The number of hydrogen-bond acceptors (Lipinski definition) is 3. The monoisotopic (exact) mass is 239 g/mol. The molecule has 1 atom stereocenters. The average Bonchev–Trinajstić information content (AvgIpc) is 2.65. The Morgan fingerprint density at radius 1 is 1.50 bits per heavy atom. The van der Waals surface area contributed by atoms with Gasteiger partial charge in [0.05, 0.1) is 5.02 Å². The number of aryl methyl sites for hydroxylation is 1. The summed E-state index contributed by atoms with van der Waals surface area (Å²) in [6.45, 7) is 4.21. The lowest BCUT2D eigenvalue weighted by atomic mass is 9.99. The first-order chi connectivity index (χ1) is 7.54. The normalized spacial score (nSPS) is 13.2. The van der Waals surface area contributed by atoms with Crippen molar-refractivity contribution in [1.29, 1.82) is 0 Å². The summed E-state index contributed by atoms with van der Waals surface area (Å²) in [4.78, 5) is 0. The first-order valence-electron chi connectivity index (χ1n) is 5.16. The van der Waals surface area contributed by atoms with Crippen LogP contribution in [-0.4, -0.2) is 11.7 Å². The fourth-order valence-electron chi connectivity index (χ4n) is 1.78. The molecule has 2 aromatic rings. The molecule has 16 heavy (non-hydrogen) atoms. The number of phenolic OH excluding ortho intramolecular Hbond substituents is 1. The molecule has 0 spiro atoms. The highest BCUT2D eigenvalue weighted by atomic mass is 35.5. The van der Waals surface area contributed by atoms with Crippen LogP contribution in [-0.2, 0) is 0 Å². The molecule has 0 amide bonds. The third-order valence-corrected chi connectivity index (χ3v) is 3.08. The van der Waals surface area contributed by atoms with Crippen molar-refractivity contribution in [2.24, 2.45) is 5.73 Å².